The zero-order chi connectivity index (χ0) is 10.4. The van der Waals surface area contributed by atoms with Gasteiger partial charge in [0.05, 0.1) is 6.10 Å². The van der Waals surface area contributed by atoms with Crippen LogP contribution in [0.15, 0.2) is 0 Å². The van der Waals surface area contributed by atoms with Crippen LogP contribution < -0.4 is 5.32 Å². The third-order valence-corrected chi connectivity index (χ3v) is 3.36. The van der Waals surface area contributed by atoms with Gasteiger partial charge in [-0.2, -0.15) is 0 Å². The van der Waals surface area contributed by atoms with Gasteiger partial charge in [0.15, 0.2) is 0 Å². The van der Waals surface area contributed by atoms with E-state index in [0.29, 0.717) is 12.0 Å². The van der Waals surface area contributed by atoms with Crippen molar-refractivity contribution in [3.63, 3.8) is 0 Å². The lowest BCUT2D eigenvalue weighted by Crippen LogP contribution is -2.40. The average Bonchev–Trinajstić information content (AvgIpc) is 2.25. The van der Waals surface area contributed by atoms with E-state index in [1.807, 2.05) is 0 Å². The Morgan fingerprint density at radius 3 is 2.86 bits per heavy atom. The van der Waals surface area contributed by atoms with E-state index < -0.39 is 0 Å². The van der Waals surface area contributed by atoms with Crippen LogP contribution in [0.4, 0.5) is 0 Å². The van der Waals surface area contributed by atoms with Crippen LogP contribution >= 0.6 is 0 Å². The topological polar surface area (TPSA) is 21.3 Å². The molecule has 1 heterocycles. The van der Waals surface area contributed by atoms with Crippen LogP contribution in [-0.4, -0.2) is 25.8 Å². The van der Waals surface area contributed by atoms with Gasteiger partial charge >= 0.3 is 0 Å². The summed E-state index contributed by atoms with van der Waals surface area (Å²) in [7, 11) is 0. The van der Waals surface area contributed by atoms with Crippen molar-refractivity contribution in [3.8, 4) is 0 Å². The van der Waals surface area contributed by atoms with E-state index in [0.717, 1.165) is 25.6 Å². The molecule has 1 saturated heterocycles. The molecule has 14 heavy (non-hydrogen) atoms. The molecular weight excluding hydrogens is 174 g/mol. The minimum atomic E-state index is 0.493. The van der Waals surface area contributed by atoms with Gasteiger partial charge in [0.25, 0.3) is 0 Å². The zero-order valence-corrected chi connectivity index (χ0v) is 9.88. The Bertz CT molecular complexity index is 149. The highest BCUT2D eigenvalue weighted by Crippen LogP contribution is 2.27. The normalized spacial score (nSPS) is 30.2. The summed E-state index contributed by atoms with van der Waals surface area (Å²) in [4.78, 5) is 0. The smallest absolute Gasteiger partial charge is 0.0640 e. The molecule has 0 saturated carbocycles. The molecule has 0 aromatic heterocycles. The molecule has 0 aromatic rings. The first-order valence-corrected chi connectivity index (χ1v) is 6.11. The van der Waals surface area contributed by atoms with Crippen LogP contribution in [-0.2, 0) is 4.74 Å². The first kappa shape index (κ1) is 12.0. The first-order valence-electron chi connectivity index (χ1n) is 6.11. The largest absolute Gasteiger partial charge is 0.378 e. The van der Waals surface area contributed by atoms with Gasteiger partial charge in [-0.05, 0) is 31.2 Å². The molecule has 1 fully saturated rings. The molecule has 1 rings (SSSR count). The van der Waals surface area contributed by atoms with Crippen molar-refractivity contribution in [1.82, 2.24) is 5.32 Å². The minimum absolute atomic E-state index is 0.493. The molecule has 1 aliphatic rings. The maximum absolute atomic E-state index is 5.90. The third kappa shape index (κ3) is 3.25. The molecule has 0 spiro atoms. The second-order valence-electron chi connectivity index (χ2n) is 4.43. The predicted octanol–water partition coefficient (Wildman–Crippen LogP) is 2.44. The number of ether oxygens (including phenoxy) is 1. The van der Waals surface area contributed by atoms with E-state index in [1.165, 1.54) is 19.3 Å². The van der Waals surface area contributed by atoms with Crippen molar-refractivity contribution >= 4 is 0 Å². The molecule has 0 aromatic carbocycles. The monoisotopic (exact) mass is 199 g/mol. The van der Waals surface area contributed by atoms with Crippen LogP contribution in [0, 0.1) is 11.8 Å². The van der Waals surface area contributed by atoms with Gasteiger partial charge in [0.1, 0.15) is 0 Å². The summed E-state index contributed by atoms with van der Waals surface area (Å²) in [6, 6.07) is 0. The molecule has 0 aliphatic carbocycles. The summed E-state index contributed by atoms with van der Waals surface area (Å²) >= 11 is 0. The van der Waals surface area contributed by atoms with Crippen molar-refractivity contribution in [3.05, 3.63) is 0 Å². The van der Waals surface area contributed by atoms with Crippen molar-refractivity contribution < 1.29 is 4.74 Å². The second-order valence-corrected chi connectivity index (χ2v) is 4.43. The number of rotatable bonds is 5. The summed E-state index contributed by atoms with van der Waals surface area (Å²) in [6.45, 7) is 9.91. The zero-order valence-electron chi connectivity index (χ0n) is 9.88. The fourth-order valence-electron chi connectivity index (χ4n) is 2.27. The van der Waals surface area contributed by atoms with Crippen molar-refractivity contribution in [2.45, 2.75) is 46.1 Å². The van der Waals surface area contributed by atoms with E-state index in [2.05, 4.69) is 26.1 Å². The fourth-order valence-corrected chi connectivity index (χ4v) is 2.27. The van der Waals surface area contributed by atoms with Crippen LogP contribution in [0.25, 0.3) is 0 Å². The number of nitrogens with one attached hydrogen (secondary N) is 1. The van der Waals surface area contributed by atoms with Crippen molar-refractivity contribution in [1.29, 1.82) is 0 Å². The second kappa shape index (κ2) is 6.41. The molecule has 0 radical (unpaired) electrons. The maximum Gasteiger partial charge on any atom is 0.0640 e. The molecule has 1 aliphatic heterocycles. The van der Waals surface area contributed by atoms with Gasteiger partial charge in [-0.25, -0.2) is 0 Å². The Hall–Kier alpha value is -0.0800. The summed E-state index contributed by atoms with van der Waals surface area (Å²) in [5, 5.41) is 3.45. The highest BCUT2D eigenvalue weighted by molar-refractivity contribution is 4.79. The van der Waals surface area contributed by atoms with Crippen LogP contribution in [0.5, 0.6) is 0 Å². The lowest BCUT2D eigenvalue weighted by Gasteiger charge is -2.35. The minimum Gasteiger partial charge on any atom is -0.378 e. The molecule has 3 unspecified atom stereocenters. The number of hydrogen-bond donors (Lipinski definition) is 1. The molecule has 2 nitrogen and oxygen atoms in total. The van der Waals surface area contributed by atoms with Gasteiger partial charge in [-0.1, -0.05) is 27.2 Å². The predicted molar refractivity (Wildman–Crippen MR) is 60.5 cm³/mol. The summed E-state index contributed by atoms with van der Waals surface area (Å²) in [5.41, 5.74) is 0. The molecule has 84 valence electrons. The van der Waals surface area contributed by atoms with Gasteiger partial charge in [0, 0.05) is 13.2 Å². The first-order chi connectivity index (χ1) is 6.79. The number of hydrogen-bond acceptors (Lipinski definition) is 2. The molecule has 1 N–H and O–H groups in total. The van der Waals surface area contributed by atoms with Crippen LogP contribution in [0.3, 0.4) is 0 Å². The average molecular weight is 199 g/mol. The molecular formula is C12H25NO. The Balaban J connectivity index is 2.41. The van der Waals surface area contributed by atoms with E-state index in [1.54, 1.807) is 0 Å². The fraction of sp³-hybridized carbons (Fsp3) is 1.00. The van der Waals surface area contributed by atoms with Crippen molar-refractivity contribution in [2.24, 2.45) is 11.8 Å². The highest BCUT2D eigenvalue weighted by atomic mass is 16.5. The van der Waals surface area contributed by atoms with Gasteiger partial charge in [-0.15, -0.1) is 0 Å². The van der Waals surface area contributed by atoms with E-state index in [-0.39, 0.29) is 0 Å². The Morgan fingerprint density at radius 1 is 1.43 bits per heavy atom. The van der Waals surface area contributed by atoms with Crippen molar-refractivity contribution in [2.75, 3.05) is 19.7 Å². The van der Waals surface area contributed by atoms with E-state index >= 15 is 0 Å². The van der Waals surface area contributed by atoms with E-state index in [4.69, 9.17) is 4.74 Å². The van der Waals surface area contributed by atoms with Gasteiger partial charge in [-0.3, -0.25) is 0 Å². The molecule has 0 amide bonds. The summed E-state index contributed by atoms with van der Waals surface area (Å²) in [6.07, 6.45) is 4.30. The quantitative estimate of drug-likeness (QED) is 0.734. The van der Waals surface area contributed by atoms with Gasteiger partial charge in [0.2, 0.25) is 0 Å². The Labute approximate surface area is 88.4 Å². The molecule has 0 bridgehead atoms. The van der Waals surface area contributed by atoms with Gasteiger partial charge < -0.3 is 10.1 Å². The maximum atomic E-state index is 5.90. The lowest BCUT2D eigenvalue weighted by molar-refractivity contribution is -0.0563. The molecule has 3 atom stereocenters. The van der Waals surface area contributed by atoms with Crippen LogP contribution in [0.1, 0.15) is 40.0 Å². The van der Waals surface area contributed by atoms with Crippen LogP contribution in [0.2, 0.25) is 0 Å². The molecule has 2 heteroatoms. The standard InChI is InChI=1S/C12H25NO/c1-4-10(3)12-11(9-13-5-2)7-6-8-14-12/h10-13H,4-9H2,1-3H3. The highest BCUT2D eigenvalue weighted by Gasteiger charge is 2.29. The third-order valence-electron chi connectivity index (χ3n) is 3.36. The summed E-state index contributed by atoms with van der Waals surface area (Å²) < 4.78 is 5.90. The SMILES string of the molecule is CCNCC1CCCOC1C(C)CC. The summed E-state index contributed by atoms with van der Waals surface area (Å²) in [5.74, 6) is 1.44. The van der Waals surface area contributed by atoms with E-state index in [9.17, 15) is 0 Å². The Morgan fingerprint density at radius 2 is 2.21 bits per heavy atom. The Kier molecular flexibility index (Phi) is 5.49. The lowest BCUT2D eigenvalue weighted by atomic mass is 9.85.